The maximum atomic E-state index is 5.60. The molecule has 0 aromatic carbocycles. The van der Waals surface area contributed by atoms with Crippen molar-refractivity contribution < 1.29 is 9.47 Å². The van der Waals surface area contributed by atoms with E-state index in [2.05, 4.69) is 24.1 Å². The van der Waals surface area contributed by atoms with Crippen molar-refractivity contribution in [3.8, 4) is 0 Å². The van der Waals surface area contributed by atoms with Crippen LogP contribution in [0.4, 0.5) is 0 Å². The van der Waals surface area contributed by atoms with Gasteiger partial charge in [-0.05, 0) is 31.7 Å². The maximum absolute atomic E-state index is 5.60. The number of methoxy groups -OCH3 is 2. The van der Waals surface area contributed by atoms with Crippen LogP contribution in [-0.4, -0.2) is 63.0 Å². The van der Waals surface area contributed by atoms with Crippen molar-refractivity contribution >= 4 is 0 Å². The number of ether oxygens (including phenoxy) is 2. The Labute approximate surface area is 124 Å². The van der Waals surface area contributed by atoms with Gasteiger partial charge in [0.05, 0.1) is 12.2 Å². The molecule has 1 N–H and O–H groups in total. The van der Waals surface area contributed by atoms with Gasteiger partial charge in [-0.25, -0.2) is 0 Å². The minimum absolute atomic E-state index is 0.226. The van der Waals surface area contributed by atoms with E-state index in [-0.39, 0.29) is 12.2 Å². The van der Waals surface area contributed by atoms with Gasteiger partial charge >= 0.3 is 0 Å². The lowest BCUT2D eigenvalue weighted by atomic mass is 9.80. The van der Waals surface area contributed by atoms with Crippen molar-refractivity contribution in [2.24, 2.45) is 5.92 Å². The van der Waals surface area contributed by atoms with Crippen LogP contribution in [0.15, 0.2) is 0 Å². The van der Waals surface area contributed by atoms with Crippen molar-refractivity contribution in [3.63, 3.8) is 0 Å². The highest BCUT2D eigenvalue weighted by atomic mass is 16.5. The summed E-state index contributed by atoms with van der Waals surface area (Å²) in [4.78, 5) is 2.61. The van der Waals surface area contributed by atoms with Crippen molar-refractivity contribution in [1.82, 2.24) is 10.2 Å². The first-order valence-corrected chi connectivity index (χ1v) is 8.26. The van der Waals surface area contributed by atoms with Gasteiger partial charge in [0, 0.05) is 39.4 Å². The molecule has 5 atom stereocenters. The van der Waals surface area contributed by atoms with E-state index in [0.29, 0.717) is 12.1 Å². The minimum Gasteiger partial charge on any atom is -0.377 e. The van der Waals surface area contributed by atoms with Crippen molar-refractivity contribution in [2.75, 3.05) is 33.9 Å². The monoisotopic (exact) mass is 284 g/mol. The van der Waals surface area contributed by atoms with E-state index in [9.17, 15) is 0 Å². The highest BCUT2D eigenvalue weighted by Gasteiger charge is 2.41. The number of hydrogen-bond acceptors (Lipinski definition) is 4. The van der Waals surface area contributed by atoms with E-state index < -0.39 is 0 Å². The van der Waals surface area contributed by atoms with Gasteiger partial charge in [0.2, 0.25) is 0 Å². The molecule has 1 saturated carbocycles. The second kappa shape index (κ2) is 7.74. The molecule has 1 aliphatic heterocycles. The molecular weight excluding hydrogens is 252 g/mol. The molecule has 1 heterocycles. The Balaban J connectivity index is 2.02. The van der Waals surface area contributed by atoms with Gasteiger partial charge in [-0.15, -0.1) is 0 Å². The molecule has 0 amide bonds. The smallest absolute Gasteiger partial charge is 0.0971 e. The Bertz CT molecular complexity index is 276. The van der Waals surface area contributed by atoms with Crippen molar-refractivity contribution in [2.45, 2.75) is 63.8 Å². The Morgan fingerprint density at radius 2 is 1.70 bits per heavy atom. The standard InChI is InChI=1S/C16H32N2O2/c1-5-12-7-8-13(17-6-2)14(9-12)18-10-15(19-3)16(11-18)20-4/h12-17H,5-11H2,1-4H3. The number of nitrogens with zero attached hydrogens (tertiary/aromatic N) is 1. The van der Waals surface area contributed by atoms with Crippen LogP contribution in [0, 0.1) is 5.92 Å². The Kier molecular flexibility index (Phi) is 6.27. The van der Waals surface area contributed by atoms with E-state index in [1.54, 1.807) is 14.2 Å². The van der Waals surface area contributed by atoms with Gasteiger partial charge < -0.3 is 14.8 Å². The fraction of sp³-hybridized carbons (Fsp3) is 1.00. The van der Waals surface area contributed by atoms with Crippen LogP contribution in [0.5, 0.6) is 0 Å². The topological polar surface area (TPSA) is 33.7 Å². The molecule has 1 saturated heterocycles. The summed E-state index contributed by atoms with van der Waals surface area (Å²) in [7, 11) is 3.61. The third-order valence-corrected chi connectivity index (χ3v) is 5.29. The summed E-state index contributed by atoms with van der Waals surface area (Å²) in [6.45, 7) is 7.63. The van der Waals surface area contributed by atoms with Crippen molar-refractivity contribution in [3.05, 3.63) is 0 Å². The van der Waals surface area contributed by atoms with Gasteiger partial charge in [0.15, 0.2) is 0 Å². The number of hydrogen-bond donors (Lipinski definition) is 1. The molecule has 0 aromatic rings. The predicted octanol–water partition coefficient (Wildman–Crippen LogP) is 1.89. The normalized spacial score (nSPS) is 39.3. The third kappa shape index (κ3) is 3.53. The molecular formula is C16H32N2O2. The summed E-state index contributed by atoms with van der Waals surface area (Å²) in [6, 6.07) is 1.28. The molecule has 2 rings (SSSR count). The van der Waals surface area contributed by atoms with E-state index in [1.165, 1.54) is 25.7 Å². The molecule has 5 unspecified atom stereocenters. The van der Waals surface area contributed by atoms with E-state index in [1.807, 2.05) is 0 Å². The first-order chi connectivity index (χ1) is 9.73. The average Bonchev–Trinajstić information content (AvgIpc) is 2.91. The quantitative estimate of drug-likeness (QED) is 0.807. The van der Waals surface area contributed by atoms with Gasteiger partial charge in [-0.1, -0.05) is 20.3 Å². The SMILES string of the molecule is CCNC1CCC(CC)CC1N1CC(OC)C(OC)C1. The number of nitrogens with one attached hydrogen (secondary N) is 1. The summed E-state index contributed by atoms with van der Waals surface area (Å²) in [5, 5.41) is 3.70. The van der Waals surface area contributed by atoms with Crippen LogP contribution in [0.1, 0.15) is 39.5 Å². The predicted molar refractivity (Wildman–Crippen MR) is 82.1 cm³/mol. The fourth-order valence-electron chi connectivity index (χ4n) is 4.00. The van der Waals surface area contributed by atoms with Crippen molar-refractivity contribution in [1.29, 1.82) is 0 Å². The summed E-state index contributed by atoms with van der Waals surface area (Å²) < 4.78 is 11.2. The lowest BCUT2D eigenvalue weighted by Gasteiger charge is -2.41. The third-order valence-electron chi connectivity index (χ3n) is 5.29. The second-order valence-electron chi connectivity index (χ2n) is 6.32. The number of likely N-dealkylation sites (tertiary alicyclic amines) is 1. The zero-order valence-corrected chi connectivity index (χ0v) is 13.6. The minimum atomic E-state index is 0.226. The van der Waals surface area contributed by atoms with Gasteiger partial charge in [0.25, 0.3) is 0 Å². The molecule has 118 valence electrons. The van der Waals surface area contributed by atoms with Gasteiger partial charge in [0.1, 0.15) is 0 Å². The van der Waals surface area contributed by atoms with E-state index >= 15 is 0 Å². The highest BCUT2D eigenvalue weighted by molar-refractivity contribution is 4.97. The van der Waals surface area contributed by atoms with Crippen LogP contribution in [0.2, 0.25) is 0 Å². The molecule has 0 radical (unpaired) electrons. The lowest BCUT2D eigenvalue weighted by Crippen LogP contribution is -2.53. The molecule has 2 aliphatic rings. The van der Waals surface area contributed by atoms with Crippen LogP contribution >= 0.6 is 0 Å². The molecule has 2 fully saturated rings. The van der Waals surface area contributed by atoms with Gasteiger partial charge in [-0.3, -0.25) is 4.90 Å². The zero-order valence-electron chi connectivity index (χ0n) is 13.6. The van der Waals surface area contributed by atoms with Crippen LogP contribution in [-0.2, 0) is 9.47 Å². The molecule has 20 heavy (non-hydrogen) atoms. The molecule has 0 bridgehead atoms. The fourth-order valence-corrected chi connectivity index (χ4v) is 4.00. The zero-order chi connectivity index (χ0) is 14.5. The number of likely N-dealkylation sites (N-methyl/N-ethyl adjacent to an activating group) is 1. The van der Waals surface area contributed by atoms with E-state index in [4.69, 9.17) is 9.47 Å². The Morgan fingerprint density at radius 1 is 1.05 bits per heavy atom. The summed E-state index contributed by atoms with van der Waals surface area (Å²) in [5.74, 6) is 0.887. The average molecular weight is 284 g/mol. The second-order valence-corrected chi connectivity index (χ2v) is 6.32. The molecule has 0 spiro atoms. The first kappa shape index (κ1) is 16.2. The van der Waals surface area contributed by atoms with Gasteiger partial charge in [-0.2, -0.15) is 0 Å². The molecule has 0 aromatic heterocycles. The molecule has 1 aliphatic carbocycles. The molecule has 4 nitrogen and oxygen atoms in total. The van der Waals surface area contributed by atoms with Crippen LogP contribution < -0.4 is 5.32 Å². The summed E-state index contributed by atoms with van der Waals surface area (Å²) in [5.41, 5.74) is 0. The summed E-state index contributed by atoms with van der Waals surface area (Å²) >= 11 is 0. The highest BCUT2D eigenvalue weighted by Crippen LogP contribution is 2.32. The Morgan fingerprint density at radius 3 is 2.20 bits per heavy atom. The largest absolute Gasteiger partial charge is 0.377 e. The first-order valence-electron chi connectivity index (χ1n) is 8.26. The molecule has 4 heteroatoms. The lowest BCUT2D eigenvalue weighted by molar-refractivity contribution is -0.00461. The maximum Gasteiger partial charge on any atom is 0.0971 e. The van der Waals surface area contributed by atoms with Crippen LogP contribution in [0.3, 0.4) is 0 Å². The van der Waals surface area contributed by atoms with E-state index in [0.717, 1.165) is 25.6 Å². The Hall–Kier alpha value is -0.160. The number of rotatable bonds is 6. The summed E-state index contributed by atoms with van der Waals surface area (Å²) in [6.07, 6.45) is 5.77. The van der Waals surface area contributed by atoms with Crippen LogP contribution in [0.25, 0.3) is 0 Å².